The summed E-state index contributed by atoms with van der Waals surface area (Å²) in [6, 6.07) is 5.38. The predicted octanol–water partition coefficient (Wildman–Crippen LogP) is -0.567. The van der Waals surface area contributed by atoms with Crippen molar-refractivity contribution in [1.82, 2.24) is 23.3 Å². The minimum absolute atomic E-state index is 0.171. The number of Topliss-reactive ketones (excluding diaryl/α,β-unsaturated/α-hetero) is 1. The summed E-state index contributed by atoms with van der Waals surface area (Å²) in [5.41, 5.74) is -1.06. The number of hydrogen-bond donors (Lipinski definition) is 0. The molecule has 0 spiro atoms. The Labute approximate surface area is 199 Å². The molecule has 0 aromatic carbocycles. The molecule has 1 fully saturated rings. The lowest BCUT2D eigenvalue weighted by Gasteiger charge is -2.30. The molecule has 0 unspecified atom stereocenters. The number of ketones is 1. The van der Waals surface area contributed by atoms with Crippen molar-refractivity contribution in [2.24, 2.45) is 28.2 Å². The van der Waals surface area contributed by atoms with Crippen LogP contribution in [0.2, 0.25) is 0 Å². The highest BCUT2D eigenvalue weighted by Crippen LogP contribution is 2.24. The first-order valence-electron chi connectivity index (χ1n) is 10.7. The van der Waals surface area contributed by atoms with Gasteiger partial charge in [0.25, 0.3) is 11.1 Å². The number of rotatable bonds is 3. The van der Waals surface area contributed by atoms with E-state index in [-0.39, 0.29) is 30.0 Å². The van der Waals surface area contributed by atoms with Gasteiger partial charge in [0, 0.05) is 71.0 Å². The third-order valence-corrected chi connectivity index (χ3v) is 5.88. The van der Waals surface area contributed by atoms with E-state index in [0.29, 0.717) is 17.0 Å². The molecule has 4 rings (SSSR count). The van der Waals surface area contributed by atoms with Crippen molar-refractivity contribution in [3.8, 4) is 0 Å². The van der Waals surface area contributed by atoms with Crippen LogP contribution in [0.25, 0.3) is 12.2 Å². The molecule has 0 N–H and O–H groups in total. The SMILES string of the molecule is Cn1cc(/C=C2/CN(c3ccccn3)C/C(=C\c3cn(C)c(=O)n(C)c3=O)C2=O)c(=O)n(C)c1=O. The predicted molar refractivity (Wildman–Crippen MR) is 131 cm³/mol. The lowest BCUT2D eigenvalue weighted by atomic mass is 9.95. The molecule has 1 aliphatic heterocycles. The molecule has 0 saturated carbocycles. The monoisotopic (exact) mass is 476 g/mol. The normalized spacial score (nSPS) is 16.3. The Balaban J connectivity index is 1.89. The highest BCUT2D eigenvalue weighted by Gasteiger charge is 2.28. The zero-order valence-corrected chi connectivity index (χ0v) is 19.8. The zero-order valence-electron chi connectivity index (χ0n) is 19.8. The maximum absolute atomic E-state index is 13.5. The van der Waals surface area contributed by atoms with Gasteiger partial charge in [-0.05, 0) is 24.3 Å². The molecule has 1 saturated heterocycles. The fourth-order valence-corrected chi connectivity index (χ4v) is 3.99. The molecular formula is C24H24N6O5. The quantitative estimate of drug-likeness (QED) is 0.464. The van der Waals surface area contributed by atoms with Gasteiger partial charge in [0.1, 0.15) is 5.82 Å². The fraction of sp³-hybridized carbons (Fsp3) is 0.250. The Morgan fingerprint density at radius 3 is 1.66 bits per heavy atom. The summed E-state index contributed by atoms with van der Waals surface area (Å²) >= 11 is 0. The maximum Gasteiger partial charge on any atom is 0.330 e. The van der Waals surface area contributed by atoms with Crippen molar-refractivity contribution in [3.05, 3.63) is 101 Å². The van der Waals surface area contributed by atoms with Gasteiger partial charge < -0.3 is 14.0 Å². The highest BCUT2D eigenvalue weighted by atomic mass is 16.2. The Morgan fingerprint density at radius 2 is 1.23 bits per heavy atom. The van der Waals surface area contributed by atoms with E-state index in [1.165, 1.54) is 61.9 Å². The summed E-state index contributed by atoms with van der Waals surface area (Å²) < 4.78 is 4.48. The Hall–Kier alpha value is -4.54. The standard InChI is InChI=1S/C24H24N6O5/c1-26-11-17(21(32)28(3)23(26)34)9-15-13-30(19-7-5-6-8-25-19)14-16(20(15)31)10-18-12-27(2)24(35)29(4)22(18)33/h5-12H,13-14H2,1-4H3/b15-9-,16-10+. The molecule has 0 aliphatic carbocycles. The highest BCUT2D eigenvalue weighted by molar-refractivity contribution is 6.15. The first kappa shape index (κ1) is 23.6. The van der Waals surface area contributed by atoms with Crippen LogP contribution >= 0.6 is 0 Å². The molecule has 35 heavy (non-hydrogen) atoms. The Morgan fingerprint density at radius 1 is 0.743 bits per heavy atom. The van der Waals surface area contributed by atoms with Crippen LogP contribution in [-0.2, 0) is 33.0 Å². The molecule has 0 bridgehead atoms. The molecule has 1 aliphatic rings. The summed E-state index contributed by atoms with van der Waals surface area (Å²) in [5.74, 6) is 0.266. The number of nitrogens with zero attached hydrogens (tertiary/aromatic N) is 6. The van der Waals surface area contributed by atoms with Crippen molar-refractivity contribution in [2.45, 2.75) is 0 Å². The van der Waals surface area contributed by atoms with Crippen molar-refractivity contribution >= 4 is 23.8 Å². The summed E-state index contributed by atoms with van der Waals surface area (Å²) in [5, 5.41) is 0. The largest absolute Gasteiger partial charge is 0.348 e. The lowest BCUT2D eigenvalue weighted by molar-refractivity contribution is -0.112. The molecule has 3 aromatic heterocycles. The summed E-state index contributed by atoms with van der Waals surface area (Å²) in [4.78, 5) is 69.1. The number of aromatic nitrogens is 5. The topological polar surface area (TPSA) is 121 Å². The van der Waals surface area contributed by atoms with Crippen LogP contribution in [0, 0.1) is 0 Å². The zero-order chi connectivity index (χ0) is 25.4. The molecule has 3 aromatic rings. The molecule has 180 valence electrons. The van der Waals surface area contributed by atoms with Gasteiger partial charge in [-0.25, -0.2) is 14.6 Å². The molecule has 11 heteroatoms. The van der Waals surface area contributed by atoms with E-state index in [4.69, 9.17) is 0 Å². The molecule has 0 radical (unpaired) electrons. The second kappa shape index (κ2) is 9.01. The van der Waals surface area contributed by atoms with Gasteiger partial charge in [0.2, 0.25) is 0 Å². The Kier molecular flexibility index (Phi) is 6.08. The smallest absolute Gasteiger partial charge is 0.330 e. The average Bonchev–Trinajstić information content (AvgIpc) is 2.85. The minimum atomic E-state index is -0.527. The van der Waals surface area contributed by atoms with E-state index in [2.05, 4.69) is 4.98 Å². The van der Waals surface area contributed by atoms with Gasteiger partial charge in [0.05, 0.1) is 11.1 Å². The van der Waals surface area contributed by atoms with E-state index in [1.54, 1.807) is 18.3 Å². The lowest BCUT2D eigenvalue weighted by Crippen LogP contribution is -2.40. The van der Waals surface area contributed by atoms with E-state index < -0.39 is 22.5 Å². The van der Waals surface area contributed by atoms with Crippen molar-refractivity contribution in [3.63, 3.8) is 0 Å². The first-order valence-corrected chi connectivity index (χ1v) is 10.7. The van der Waals surface area contributed by atoms with Crippen molar-refractivity contribution < 1.29 is 4.79 Å². The number of carbonyl (C=O) groups excluding carboxylic acids is 1. The van der Waals surface area contributed by atoms with Gasteiger partial charge in [-0.15, -0.1) is 0 Å². The van der Waals surface area contributed by atoms with E-state index in [1.807, 2.05) is 11.0 Å². The van der Waals surface area contributed by atoms with Crippen LogP contribution in [0.3, 0.4) is 0 Å². The summed E-state index contributed by atoms with van der Waals surface area (Å²) in [7, 11) is 5.79. The molecule has 0 atom stereocenters. The van der Waals surface area contributed by atoms with E-state index in [0.717, 1.165) is 9.13 Å². The third-order valence-electron chi connectivity index (χ3n) is 5.88. The average molecular weight is 476 g/mol. The Bertz CT molecular complexity index is 1530. The number of piperidine rings is 1. The van der Waals surface area contributed by atoms with Crippen LogP contribution < -0.4 is 27.4 Å². The number of aryl methyl sites for hydroxylation is 2. The number of hydrogen-bond acceptors (Lipinski definition) is 7. The van der Waals surface area contributed by atoms with Gasteiger partial charge in [-0.1, -0.05) is 6.07 Å². The number of pyridine rings is 1. The van der Waals surface area contributed by atoms with Crippen molar-refractivity contribution in [2.75, 3.05) is 18.0 Å². The molecular weight excluding hydrogens is 452 g/mol. The van der Waals surface area contributed by atoms with Crippen LogP contribution in [0.15, 0.2) is 67.1 Å². The van der Waals surface area contributed by atoms with Gasteiger partial charge >= 0.3 is 11.4 Å². The van der Waals surface area contributed by atoms with Crippen LogP contribution in [0.1, 0.15) is 11.1 Å². The maximum atomic E-state index is 13.5. The van der Waals surface area contributed by atoms with E-state index in [9.17, 15) is 24.0 Å². The number of anilines is 1. The number of carbonyl (C=O) groups is 1. The van der Waals surface area contributed by atoms with Gasteiger partial charge in [-0.3, -0.25) is 23.5 Å². The fourth-order valence-electron chi connectivity index (χ4n) is 3.99. The summed E-state index contributed by atoms with van der Waals surface area (Å²) in [6.45, 7) is 0.342. The third kappa shape index (κ3) is 4.35. The van der Waals surface area contributed by atoms with Crippen LogP contribution in [0.4, 0.5) is 5.82 Å². The van der Waals surface area contributed by atoms with Crippen LogP contribution in [0.5, 0.6) is 0 Å². The second-order valence-electron chi connectivity index (χ2n) is 8.40. The second-order valence-corrected chi connectivity index (χ2v) is 8.40. The van der Waals surface area contributed by atoms with Gasteiger partial charge in [-0.2, -0.15) is 0 Å². The molecule has 4 heterocycles. The molecule has 11 nitrogen and oxygen atoms in total. The van der Waals surface area contributed by atoms with Crippen molar-refractivity contribution in [1.29, 1.82) is 0 Å². The van der Waals surface area contributed by atoms with Gasteiger partial charge in [0.15, 0.2) is 5.78 Å². The molecule has 0 amide bonds. The van der Waals surface area contributed by atoms with E-state index >= 15 is 0 Å². The van der Waals surface area contributed by atoms with Crippen LogP contribution in [-0.4, -0.2) is 42.1 Å². The summed E-state index contributed by atoms with van der Waals surface area (Å²) in [6.07, 6.45) is 7.33. The minimum Gasteiger partial charge on any atom is -0.348 e. The first-order chi connectivity index (χ1) is 16.6.